The molecule has 0 rings (SSSR count). The van der Waals surface area contributed by atoms with Crippen LogP contribution in [0.2, 0.25) is 6.04 Å². The summed E-state index contributed by atoms with van der Waals surface area (Å²) in [5, 5.41) is 8.63. The van der Waals surface area contributed by atoms with Crippen molar-refractivity contribution in [1.29, 1.82) is 0 Å². The Labute approximate surface area is 238 Å². The van der Waals surface area contributed by atoms with E-state index in [1.807, 2.05) is 0 Å². The second kappa shape index (κ2) is 29.5. The SMILES string of the molecule is CO[Si](CCCCCCCCCCCCCCCCCCCCCCCCCCCCC(=O)O)(OC)OC. The Bertz CT molecular complexity index is 476. The zero-order chi connectivity index (χ0) is 28.0. The highest BCUT2D eigenvalue weighted by Crippen LogP contribution is 2.19. The zero-order valence-corrected chi connectivity index (χ0v) is 26.9. The summed E-state index contributed by atoms with van der Waals surface area (Å²) in [4.78, 5) is 10.5. The molecule has 0 aliphatic rings. The van der Waals surface area contributed by atoms with Crippen LogP contribution < -0.4 is 0 Å². The Hall–Kier alpha value is -0.433. The summed E-state index contributed by atoms with van der Waals surface area (Å²) in [7, 11) is 2.75. The molecule has 0 atom stereocenters. The first-order valence-electron chi connectivity index (χ1n) is 16.5. The molecule has 6 heteroatoms. The van der Waals surface area contributed by atoms with Gasteiger partial charge in [0.25, 0.3) is 0 Å². The van der Waals surface area contributed by atoms with E-state index in [4.69, 9.17) is 18.4 Å². The van der Waals surface area contributed by atoms with E-state index in [1.165, 1.54) is 148 Å². The number of hydrogen-bond donors (Lipinski definition) is 1. The van der Waals surface area contributed by atoms with E-state index in [0.717, 1.165) is 25.3 Å². The molecule has 0 aliphatic heterocycles. The second-order valence-electron chi connectivity index (χ2n) is 11.4. The summed E-state index contributed by atoms with van der Waals surface area (Å²) < 4.78 is 16.5. The third-order valence-electron chi connectivity index (χ3n) is 8.06. The van der Waals surface area contributed by atoms with Gasteiger partial charge in [-0.1, -0.05) is 154 Å². The number of aliphatic carboxylic acids is 1. The van der Waals surface area contributed by atoms with Crippen LogP contribution in [0, 0.1) is 0 Å². The minimum absolute atomic E-state index is 0.340. The zero-order valence-electron chi connectivity index (χ0n) is 25.9. The highest BCUT2D eigenvalue weighted by molar-refractivity contribution is 6.60. The number of unbranched alkanes of at least 4 members (excludes halogenated alkanes) is 25. The summed E-state index contributed by atoms with van der Waals surface area (Å²) in [5.74, 6) is -0.654. The minimum atomic E-state index is -2.35. The van der Waals surface area contributed by atoms with Crippen molar-refractivity contribution in [2.75, 3.05) is 21.3 Å². The van der Waals surface area contributed by atoms with E-state index in [-0.39, 0.29) is 0 Å². The van der Waals surface area contributed by atoms with Gasteiger partial charge in [-0.15, -0.1) is 0 Å². The fourth-order valence-electron chi connectivity index (χ4n) is 5.42. The quantitative estimate of drug-likeness (QED) is 0.0657. The molecule has 0 radical (unpaired) electrons. The molecule has 0 aliphatic carbocycles. The van der Waals surface area contributed by atoms with Crippen molar-refractivity contribution >= 4 is 14.8 Å². The minimum Gasteiger partial charge on any atom is -0.481 e. The van der Waals surface area contributed by atoms with Crippen molar-refractivity contribution < 1.29 is 23.2 Å². The fourth-order valence-corrected chi connectivity index (χ4v) is 7.21. The van der Waals surface area contributed by atoms with Gasteiger partial charge in [0.1, 0.15) is 0 Å². The first-order chi connectivity index (χ1) is 18.6. The predicted octanol–water partition coefficient (Wildman–Crippen LogP) is 10.5. The van der Waals surface area contributed by atoms with Gasteiger partial charge in [-0.25, -0.2) is 0 Å². The standard InChI is InChI=1S/C32H66O5Si/c1-35-38(36-2,37-3)31-29-27-25-23-21-19-17-15-13-11-9-7-5-4-6-8-10-12-14-16-18-20-22-24-26-28-30-32(33)34/h4-31H2,1-3H3,(H,33,34). The van der Waals surface area contributed by atoms with Gasteiger partial charge in [-0.3, -0.25) is 4.79 Å². The lowest BCUT2D eigenvalue weighted by atomic mass is 10.0. The van der Waals surface area contributed by atoms with Crippen LogP contribution >= 0.6 is 0 Å². The molecule has 0 saturated heterocycles. The van der Waals surface area contributed by atoms with Crippen LogP contribution in [0.3, 0.4) is 0 Å². The van der Waals surface area contributed by atoms with Crippen LogP contribution in [0.15, 0.2) is 0 Å². The van der Waals surface area contributed by atoms with Gasteiger partial charge in [0.2, 0.25) is 0 Å². The first kappa shape index (κ1) is 37.6. The molecule has 1 N–H and O–H groups in total. The lowest BCUT2D eigenvalue weighted by Gasteiger charge is -2.24. The van der Waals surface area contributed by atoms with Crippen molar-refractivity contribution in [1.82, 2.24) is 0 Å². The van der Waals surface area contributed by atoms with Gasteiger partial charge in [0, 0.05) is 33.8 Å². The Kier molecular flexibility index (Phi) is 29.2. The van der Waals surface area contributed by atoms with Crippen LogP contribution in [0.4, 0.5) is 0 Å². The maximum atomic E-state index is 10.5. The average Bonchev–Trinajstić information content (AvgIpc) is 2.92. The van der Waals surface area contributed by atoms with E-state index in [2.05, 4.69) is 0 Å². The Morgan fingerprint density at radius 1 is 0.421 bits per heavy atom. The predicted molar refractivity (Wildman–Crippen MR) is 164 cm³/mol. The largest absolute Gasteiger partial charge is 0.500 e. The summed E-state index contributed by atoms with van der Waals surface area (Å²) in [6.45, 7) is 0. The number of carboxylic acid groups (broad SMARTS) is 1. The van der Waals surface area contributed by atoms with Gasteiger partial charge < -0.3 is 18.4 Å². The molecule has 0 aromatic heterocycles. The molecular weight excluding hydrogens is 492 g/mol. The maximum absolute atomic E-state index is 10.5. The van der Waals surface area contributed by atoms with E-state index < -0.39 is 14.8 Å². The lowest BCUT2D eigenvalue weighted by molar-refractivity contribution is -0.137. The topological polar surface area (TPSA) is 65.0 Å². The van der Waals surface area contributed by atoms with Crippen LogP contribution in [-0.4, -0.2) is 41.2 Å². The monoisotopic (exact) mass is 558 g/mol. The van der Waals surface area contributed by atoms with Gasteiger partial charge in [0.05, 0.1) is 0 Å². The van der Waals surface area contributed by atoms with Gasteiger partial charge in [-0.05, 0) is 12.8 Å². The van der Waals surface area contributed by atoms with E-state index in [9.17, 15) is 4.79 Å². The molecule has 228 valence electrons. The van der Waals surface area contributed by atoms with Gasteiger partial charge in [-0.2, -0.15) is 0 Å². The molecule has 38 heavy (non-hydrogen) atoms. The van der Waals surface area contributed by atoms with Crippen LogP contribution in [0.5, 0.6) is 0 Å². The molecule has 0 amide bonds. The van der Waals surface area contributed by atoms with Crippen molar-refractivity contribution in [2.45, 2.75) is 179 Å². The second-order valence-corrected chi connectivity index (χ2v) is 14.5. The molecule has 0 bridgehead atoms. The number of carbonyl (C=O) groups is 1. The van der Waals surface area contributed by atoms with Crippen LogP contribution in [0.25, 0.3) is 0 Å². The third kappa shape index (κ3) is 25.8. The molecule has 0 fully saturated rings. The van der Waals surface area contributed by atoms with E-state index in [0.29, 0.717) is 6.42 Å². The average molecular weight is 559 g/mol. The number of hydrogen-bond acceptors (Lipinski definition) is 4. The maximum Gasteiger partial charge on any atom is 0.500 e. The van der Waals surface area contributed by atoms with Crippen molar-refractivity contribution in [3.63, 3.8) is 0 Å². The molecule has 0 heterocycles. The molecule has 5 nitrogen and oxygen atoms in total. The molecule has 0 aromatic carbocycles. The molecular formula is C32H66O5Si. The van der Waals surface area contributed by atoms with Crippen molar-refractivity contribution in [2.24, 2.45) is 0 Å². The van der Waals surface area contributed by atoms with Crippen molar-refractivity contribution in [3.8, 4) is 0 Å². The summed E-state index contributed by atoms with van der Waals surface area (Å²) in [6, 6.07) is 0.930. The number of carboxylic acids is 1. The van der Waals surface area contributed by atoms with Gasteiger partial charge >= 0.3 is 14.8 Å². The lowest BCUT2D eigenvalue weighted by Crippen LogP contribution is -2.42. The Balaban J connectivity index is 3.14. The van der Waals surface area contributed by atoms with E-state index in [1.54, 1.807) is 21.3 Å². The highest BCUT2D eigenvalue weighted by Gasteiger charge is 2.36. The Morgan fingerprint density at radius 2 is 0.632 bits per heavy atom. The Morgan fingerprint density at radius 3 is 0.842 bits per heavy atom. The molecule has 0 saturated carbocycles. The van der Waals surface area contributed by atoms with E-state index >= 15 is 0 Å². The van der Waals surface area contributed by atoms with Crippen LogP contribution in [-0.2, 0) is 18.1 Å². The highest BCUT2D eigenvalue weighted by atomic mass is 28.4. The normalized spacial score (nSPS) is 11.9. The molecule has 0 aromatic rings. The van der Waals surface area contributed by atoms with Gasteiger partial charge in [0.15, 0.2) is 0 Å². The molecule has 0 unspecified atom stereocenters. The third-order valence-corrected chi connectivity index (χ3v) is 10.9. The molecule has 0 spiro atoms. The summed E-state index contributed by atoms with van der Waals surface area (Å²) in [6.07, 6.45) is 35.3. The summed E-state index contributed by atoms with van der Waals surface area (Å²) in [5.41, 5.74) is 0. The number of rotatable bonds is 32. The van der Waals surface area contributed by atoms with Crippen molar-refractivity contribution in [3.05, 3.63) is 0 Å². The smallest absolute Gasteiger partial charge is 0.481 e. The summed E-state index contributed by atoms with van der Waals surface area (Å²) >= 11 is 0. The van der Waals surface area contributed by atoms with Crippen LogP contribution in [0.1, 0.15) is 173 Å². The fraction of sp³-hybridized carbons (Fsp3) is 0.969. The first-order valence-corrected chi connectivity index (χ1v) is 18.4.